The van der Waals surface area contributed by atoms with Gasteiger partial charge < -0.3 is 19.4 Å². The summed E-state index contributed by atoms with van der Waals surface area (Å²) in [5.74, 6) is -0.550. The Morgan fingerprint density at radius 1 is 0.554 bits per heavy atom. The van der Waals surface area contributed by atoms with E-state index in [0.29, 0.717) is 23.9 Å². The van der Waals surface area contributed by atoms with E-state index >= 15 is 0 Å². The molecule has 0 fully saturated rings. The first kappa shape index (κ1) is 62.7. The first-order valence-electron chi connectivity index (χ1n) is 26.6. The standard InChI is InChI=1S/C55H101N2O7P/c1-7-10-13-16-19-22-25-28-30-32-35-38-41-44-47-54(58)56-52(51-63-65(60,61)62-50-49-57(4,5)6)53(46-43-40-37-34-31-27-24-21-18-15-12-9-3)64-55(59)48-45-42-39-36-33-29-26-23-20-17-14-11-8-2/h11,14,17,20,23,26,30,32,43,46,52-53H,7-10,12-13,15-16,18-19,21-22,24-25,27-29,31,33-42,44-45,47-51H2,1-6H3,(H-,56,58,60,61)/p+1/b14-11+,20-17+,26-23-,32-30-,46-43+. The molecule has 65 heavy (non-hydrogen) atoms. The number of phosphoric ester groups is 1. The molecule has 9 nitrogen and oxygen atoms in total. The second-order valence-corrected chi connectivity index (χ2v) is 20.5. The molecule has 0 spiro atoms. The molecule has 0 saturated carbocycles. The lowest BCUT2D eigenvalue weighted by molar-refractivity contribution is -0.870. The number of hydrogen-bond donors (Lipinski definition) is 2. The van der Waals surface area contributed by atoms with E-state index in [0.717, 1.165) is 89.9 Å². The van der Waals surface area contributed by atoms with E-state index in [2.05, 4.69) is 74.7 Å². The third-order valence-electron chi connectivity index (χ3n) is 11.5. The number of quaternary nitrogens is 1. The van der Waals surface area contributed by atoms with E-state index in [1.807, 2.05) is 33.3 Å². The zero-order valence-electron chi connectivity index (χ0n) is 43.0. The minimum atomic E-state index is -4.45. The van der Waals surface area contributed by atoms with E-state index in [1.54, 1.807) is 0 Å². The maximum Gasteiger partial charge on any atom is 0.472 e. The number of hydrogen-bond acceptors (Lipinski definition) is 6. The number of ether oxygens (including phenoxy) is 1. The lowest BCUT2D eigenvalue weighted by Gasteiger charge is -2.27. The van der Waals surface area contributed by atoms with Crippen molar-refractivity contribution in [1.29, 1.82) is 0 Å². The van der Waals surface area contributed by atoms with E-state index in [1.165, 1.54) is 96.3 Å². The molecule has 0 aliphatic heterocycles. The summed E-state index contributed by atoms with van der Waals surface area (Å²) in [4.78, 5) is 37.4. The van der Waals surface area contributed by atoms with Crippen molar-refractivity contribution in [3.05, 3.63) is 60.8 Å². The van der Waals surface area contributed by atoms with Gasteiger partial charge in [-0.2, -0.15) is 0 Å². The highest BCUT2D eigenvalue weighted by molar-refractivity contribution is 7.47. The summed E-state index contributed by atoms with van der Waals surface area (Å²) >= 11 is 0. The summed E-state index contributed by atoms with van der Waals surface area (Å²) < 4.78 is 30.5. The van der Waals surface area contributed by atoms with Crippen LogP contribution in [0.3, 0.4) is 0 Å². The number of carbonyl (C=O) groups excluding carboxylic acids is 2. The van der Waals surface area contributed by atoms with Crippen LogP contribution in [-0.2, 0) is 27.9 Å². The zero-order valence-corrected chi connectivity index (χ0v) is 43.9. The highest BCUT2D eigenvalue weighted by Crippen LogP contribution is 2.43. The Morgan fingerprint density at radius 3 is 1.52 bits per heavy atom. The molecule has 1 amide bonds. The molecule has 2 N–H and O–H groups in total. The highest BCUT2D eigenvalue weighted by Gasteiger charge is 2.30. The first-order valence-corrected chi connectivity index (χ1v) is 28.1. The third kappa shape index (κ3) is 46.6. The SMILES string of the molecule is CC/C=C/C=C/C=C\CCCCCCCC(=O)OC(/C=C/CCCCCCCCCCCC)C(COP(=O)(O)OCC[N+](C)(C)C)NC(=O)CCCCC/C=C\CCCCCCCCC. The Balaban J connectivity index is 5.48. The number of phosphoric acid groups is 1. The molecule has 0 saturated heterocycles. The Kier molecular flexibility index (Phi) is 43.9. The number of nitrogens with zero attached hydrogens (tertiary/aromatic N) is 1. The Morgan fingerprint density at radius 2 is 1.00 bits per heavy atom. The summed E-state index contributed by atoms with van der Waals surface area (Å²) in [6.45, 7) is 6.83. The first-order chi connectivity index (χ1) is 31.4. The van der Waals surface area contributed by atoms with Crippen molar-refractivity contribution in [3.8, 4) is 0 Å². The minimum absolute atomic E-state index is 0.0325. The van der Waals surface area contributed by atoms with Gasteiger partial charge in [0, 0.05) is 12.8 Å². The molecule has 378 valence electrons. The normalized spacial score (nSPS) is 14.4. The maximum atomic E-state index is 13.4. The number of unbranched alkanes of at least 4 members (excludes halogenated alkanes) is 25. The van der Waals surface area contributed by atoms with Crippen molar-refractivity contribution in [2.45, 2.75) is 238 Å². The van der Waals surface area contributed by atoms with Crippen LogP contribution in [0.5, 0.6) is 0 Å². The van der Waals surface area contributed by atoms with Crippen LogP contribution in [-0.4, -0.2) is 74.3 Å². The zero-order chi connectivity index (χ0) is 48.0. The number of amides is 1. The monoisotopic (exact) mass is 934 g/mol. The average Bonchev–Trinajstić information content (AvgIpc) is 3.26. The summed E-state index contributed by atoms with van der Waals surface area (Å²) in [6, 6.07) is -0.863. The Labute approximate surface area is 401 Å². The van der Waals surface area contributed by atoms with Gasteiger partial charge in [0.25, 0.3) is 0 Å². The summed E-state index contributed by atoms with van der Waals surface area (Å²) in [5.41, 5.74) is 0. The largest absolute Gasteiger partial charge is 0.472 e. The molecule has 10 heteroatoms. The fourth-order valence-electron chi connectivity index (χ4n) is 7.34. The fraction of sp³-hybridized carbons (Fsp3) is 0.782. The van der Waals surface area contributed by atoms with Crippen LogP contribution in [0.1, 0.15) is 226 Å². The van der Waals surface area contributed by atoms with Crippen LogP contribution < -0.4 is 5.32 Å². The molecule has 0 aliphatic carbocycles. The highest BCUT2D eigenvalue weighted by atomic mass is 31.2. The van der Waals surface area contributed by atoms with E-state index in [4.69, 9.17) is 13.8 Å². The quantitative estimate of drug-likeness (QED) is 0.0156. The summed E-state index contributed by atoms with van der Waals surface area (Å²) in [5, 5.41) is 3.02. The van der Waals surface area contributed by atoms with Gasteiger partial charge in [0.1, 0.15) is 19.3 Å². The molecular weight excluding hydrogens is 832 g/mol. The number of nitrogens with one attached hydrogen (secondary N) is 1. The predicted molar refractivity (Wildman–Crippen MR) is 277 cm³/mol. The molecule has 0 aromatic heterocycles. The van der Waals surface area contributed by atoms with Gasteiger partial charge in [-0.1, -0.05) is 197 Å². The fourth-order valence-corrected chi connectivity index (χ4v) is 8.08. The molecule has 0 bridgehead atoms. The molecular formula is C55H102N2O7P+. The van der Waals surface area contributed by atoms with Gasteiger partial charge in [-0.25, -0.2) is 4.57 Å². The summed E-state index contributed by atoms with van der Waals surface area (Å²) in [6.07, 6.45) is 55.0. The number of carbonyl (C=O) groups is 2. The molecule has 0 aromatic carbocycles. The number of esters is 1. The van der Waals surface area contributed by atoms with Crippen LogP contribution in [0, 0.1) is 0 Å². The van der Waals surface area contributed by atoms with Crippen LogP contribution in [0.15, 0.2) is 60.8 Å². The van der Waals surface area contributed by atoms with Crippen molar-refractivity contribution >= 4 is 19.7 Å². The molecule has 0 aromatic rings. The minimum Gasteiger partial charge on any atom is -0.456 e. The topological polar surface area (TPSA) is 111 Å². The second kappa shape index (κ2) is 45.5. The lowest BCUT2D eigenvalue weighted by Crippen LogP contribution is -2.47. The third-order valence-corrected chi connectivity index (χ3v) is 12.5. The Hall–Kier alpha value is -2.29. The van der Waals surface area contributed by atoms with Gasteiger partial charge in [-0.3, -0.25) is 18.6 Å². The number of likely N-dealkylation sites (N-methyl/N-ethyl adjacent to an activating group) is 1. The molecule has 3 atom stereocenters. The van der Waals surface area contributed by atoms with Gasteiger partial charge in [-0.05, 0) is 76.7 Å². The van der Waals surface area contributed by atoms with Crippen LogP contribution in [0.2, 0.25) is 0 Å². The van der Waals surface area contributed by atoms with Crippen molar-refractivity contribution in [3.63, 3.8) is 0 Å². The smallest absolute Gasteiger partial charge is 0.456 e. The van der Waals surface area contributed by atoms with Gasteiger partial charge >= 0.3 is 13.8 Å². The van der Waals surface area contributed by atoms with E-state index in [9.17, 15) is 19.0 Å². The molecule has 0 rings (SSSR count). The predicted octanol–water partition coefficient (Wildman–Crippen LogP) is 15.5. The van der Waals surface area contributed by atoms with Gasteiger partial charge in [-0.15, -0.1) is 0 Å². The van der Waals surface area contributed by atoms with E-state index in [-0.39, 0.29) is 31.5 Å². The van der Waals surface area contributed by atoms with Crippen molar-refractivity contribution in [2.24, 2.45) is 0 Å². The average molecular weight is 934 g/mol. The molecule has 0 radical (unpaired) electrons. The van der Waals surface area contributed by atoms with Crippen molar-refractivity contribution in [1.82, 2.24) is 5.32 Å². The van der Waals surface area contributed by atoms with E-state index < -0.39 is 20.0 Å². The number of allylic oxidation sites excluding steroid dienone is 9. The lowest BCUT2D eigenvalue weighted by atomic mass is 10.0. The van der Waals surface area contributed by atoms with Crippen LogP contribution >= 0.6 is 7.82 Å². The maximum absolute atomic E-state index is 13.4. The van der Waals surface area contributed by atoms with Crippen LogP contribution in [0.4, 0.5) is 0 Å². The number of rotatable bonds is 47. The van der Waals surface area contributed by atoms with Crippen molar-refractivity contribution < 1.29 is 37.3 Å². The van der Waals surface area contributed by atoms with Gasteiger partial charge in [0.05, 0.1) is 33.8 Å². The van der Waals surface area contributed by atoms with Gasteiger partial charge in [0.15, 0.2) is 0 Å². The molecule has 3 unspecified atom stereocenters. The molecule has 0 heterocycles. The van der Waals surface area contributed by atoms with Crippen molar-refractivity contribution in [2.75, 3.05) is 40.9 Å². The van der Waals surface area contributed by atoms with Gasteiger partial charge in [0.2, 0.25) is 5.91 Å². The Bertz CT molecular complexity index is 1300. The van der Waals surface area contributed by atoms with Crippen LogP contribution in [0.25, 0.3) is 0 Å². The second-order valence-electron chi connectivity index (χ2n) is 19.1. The molecule has 0 aliphatic rings. The summed E-state index contributed by atoms with van der Waals surface area (Å²) in [7, 11) is 1.47.